The lowest BCUT2D eigenvalue weighted by Crippen LogP contribution is -2.30. The molecule has 446 valence electrons. The van der Waals surface area contributed by atoms with Crippen molar-refractivity contribution in [3.63, 3.8) is 0 Å². The van der Waals surface area contributed by atoms with Gasteiger partial charge in [-0.1, -0.05) is 350 Å². The summed E-state index contributed by atoms with van der Waals surface area (Å²) >= 11 is 0. The molecular weight excluding hydrogens is 925 g/mol. The number of hydrogen-bond donors (Lipinski definition) is 0. The van der Waals surface area contributed by atoms with Gasteiger partial charge in [0.1, 0.15) is 13.2 Å². The zero-order valence-corrected chi connectivity index (χ0v) is 51.9. The monoisotopic (exact) mass is 1060 g/mol. The SMILES string of the molecule is CC(C)CCCCCCCCCCCCCCCCCCCCC(=O)OC[C@H](COC(=O)CCCCCCCCCCCCCCCCC(C)C)OC(=O)CCCCCCCCCCCCCCCCCCC(C)C. The lowest BCUT2D eigenvalue weighted by molar-refractivity contribution is -0.167. The smallest absolute Gasteiger partial charge is 0.306 e. The van der Waals surface area contributed by atoms with E-state index in [4.69, 9.17) is 14.2 Å². The Morgan fingerprint density at radius 3 is 0.573 bits per heavy atom. The molecule has 0 radical (unpaired) electrons. The molecule has 0 amide bonds. The standard InChI is InChI=1S/C69H134O6/c1-63(2)55-49-43-37-31-25-19-13-9-7-8-10-15-22-28-34-40-46-52-58-67(70)73-61-66(62-74-68(71)59-53-47-41-35-29-23-18-17-21-27-33-39-45-51-57-65(5)6)75-69(72)60-54-48-42-36-30-24-16-12-11-14-20-26-32-38-44-50-56-64(3)4/h63-66H,7-62H2,1-6H3/t66-/m1/s1. The Hall–Kier alpha value is -1.59. The maximum absolute atomic E-state index is 12.9. The van der Waals surface area contributed by atoms with Crippen molar-refractivity contribution in [2.24, 2.45) is 17.8 Å². The number of hydrogen-bond acceptors (Lipinski definition) is 6. The quantitative estimate of drug-likeness (QED) is 0.0343. The highest BCUT2D eigenvalue weighted by Gasteiger charge is 2.20. The van der Waals surface area contributed by atoms with Crippen LogP contribution in [-0.4, -0.2) is 37.2 Å². The summed E-state index contributed by atoms with van der Waals surface area (Å²) in [7, 11) is 0. The normalized spacial score (nSPS) is 12.1. The number of rotatable bonds is 62. The van der Waals surface area contributed by atoms with E-state index < -0.39 is 6.10 Å². The Kier molecular flexibility index (Phi) is 58.8. The molecule has 0 rings (SSSR count). The summed E-state index contributed by atoms with van der Waals surface area (Å²) in [5.41, 5.74) is 0. The van der Waals surface area contributed by atoms with Crippen LogP contribution in [0.5, 0.6) is 0 Å². The minimum absolute atomic E-state index is 0.0620. The molecule has 0 saturated heterocycles. The maximum atomic E-state index is 12.9. The summed E-state index contributed by atoms with van der Waals surface area (Å²) in [6.07, 6.45) is 66.8. The fourth-order valence-electron chi connectivity index (χ4n) is 10.8. The van der Waals surface area contributed by atoms with E-state index in [-0.39, 0.29) is 31.1 Å². The van der Waals surface area contributed by atoms with Crippen LogP contribution in [0.1, 0.15) is 388 Å². The minimum atomic E-state index is -0.765. The second-order valence-electron chi connectivity index (χ2n) is 25.2. The second-order valence-corrected chi connectivity index (χ2v) is 25.2. The molecule has 0 aromatic heterocycles. The Bertz CT molecular complexity index is 1160. The summed E-state index contributed by atoms with van der Waals surface area (Å²) in [5.74, 6) is 1.73. The van der Waals surface area contributed by atoms with Crippen LogP contribution in [0.3, 0.4) is 0 Å². The Balaban J connectivity index is 4.28. The molecule has 0 aliphatic rings. The van der Waals surface area contributed by atoms with Gasteiger partial charge in [0.15, 0.2) is 6.10 Å². The van der Waals surface area contributed by atoms with E-state index in [1.54, 1.807) is 0 Å². The van der Waals surface area contributed by atoms with Crippen molar-refractivity contribution < 1.29 is 28.6 Å². The molecule has 0 aliphatic heterocycles. The molecule has 75 heavy (non-hydrogen) atoms. The van der Waals surface area contributed by atoms with Crippen molar-refractivity contribution >= 4 is 17.9 Å². The third kappa shape index (κ3) is 63.1. The molecule has 0 aliphatic carbocycles. The fraction of sp³-hybridized carbons (Fsp3) is 0.957. The van der Waals surface area contributed by atoms with Gasteiger partial charge in [-0.05, 0) is 37.0 Å². The highest BCUT2D eigenvalue weighted by molar-refractivity contribution is 5.71. The van der Waals surface area contributed by atoms with Crippen LogP contribution in [-0.2, 0) is 28.6 Å². The van der Waals surface area contributed by atoms with Gasteiger partial charge in [-0.3, -0.25) is 14.4 Å². The first-order valence-electron chi connectivity index (χ1n) is 34.1. The van der Waals surface area contributed by atoms with E-state index in [1.165, 1.54) is 270 Å². The van der Waals surface area contributed by atoms with Crippen molar-refractivity contribution in [3.05, 3.63) is 0 Å². The first-order chi connectivity index (χ1) is 36.6. The molecule has 6 nitrogen and oxygen atoms in total. The van der Waals surface area contributed by atoms with Crippen molar-refractivity contribution in [3.8, 4) is 0 Å². The third-order valence-corrected chi connectivity index (χ3v) is 15.9. The van der Waals surface area contributed by atoms with E-state index in [9.17, 15) is 14.4 Å². The van der Waals surface area contributed by atoms with Crippen LogP contribution in [0.2, 0.25) is 0 Å². The van der Waals surface area contributed by atoms with E-state index in [2.05, 4.69) is 41.5 Å². The van der Waals surface area contributed by atoms with Gasteiger partial charge in [-0.15, -0.1) is 0 Å². The molecule has 0 heterocycles. The molecule has 1 atom stereocenters. The summed E-state index contributed by atoms with van der Waals surface area (Å²) in [5, 5.41) is 0. The highest BCUT2D eigenvalue weighted by Crippen LogP contribution is 2.20. The first-order valence-corrected chi connectivity index (χ1v) is 34.1. The molecule has 0 spiro atoms. The predicted molar refractivity (Wildman–Crippen MR) is 326 cm³/mol. The second kappa shape index (κ2) is 60.1. The fourth-order valence-corrected chi connectivity index (χ4v) is 10.8. The highest BCUT2D eigenvalue weighted by atomic mass is 16.6. The van der Waals surface area contributed by atoms with Crippen LogP contribution in [0.4, 0.5) is 0 Å². The molecule has 0 N–H and O–H groups in total. The summed E-state index contributed by atoms with van der Waals surface area (Å²) in [6.45, 7) is 13.8. The van der Waals surface area contributed by atoms with Crippen molar-refractivity contribution in [2.45, 2.75) is 394 Å². The van der Waals surface area contributed by atoms with Crippen LogP contribution in [0.25, 0.3) is 0 Å². The van der Waals surface area contributed by atoms with Crippen molar-refractivity contribution in [1.29, 1.82) is 0 Å². The molecule has 6 heteroatoms. The molecule has 0 unspecified atom stereocenters. The minimum Gasteiger partial charge on any atom is -0.462 e. The van der Waals surface area contributed by atoms with Crippen LogP contribution < -0.4 is 0 Å². The largest absolute Gasteiger partial charge is 0.462 e. The number of ether oxygens (including phenoxy) is 3. The number of carbonyl (C=O) groups is 3. The van der Waals surface area contributed by atoms with Gasteiger partial charge >= 0.3 is 17.9 Å². The van der Waals surface area contributed by atoms with Crippen molar-refractivity contribution in [2.75, 3.05) is 13.2 Å². The van der Waals surface area contributed by atoms with Crippen LogP contribution in [0.15, 0.2) is 0 Å². The van der Waals surface area contributed by atoms with E-state index in [0.717, 1.165) is 75.5 Å². The van der Waals surface area contributed by atoms with Gasteiger partial charge in [-0.2, -0.15) is 0 Å². The lowest BCUT2D eigenvalue weighted by atomic mass is 10.0. The zero-order valence-electron chi connectivity index (χ0n) is 51.9. The molecule has 0 aromatic rings. The van der Waals surface area contributed by atoms with E-state index in [0.29, 0.717) is 19.3 Å². The van der Waals surface area contributed by atoms with E-state index >= 15 is 0 Å². The number of carbonyl (C=O) groups excluding carboxylic acids is 3. The molecule has 0 saturated carbocycles. The van der Waals surface area contributed by atoms with E-state index in [1.807, 2.05) is 0 Å². The Morgan fingerprint density at radius 2 is 0.387 bits per heavy atom. The Labute approximate surface area is 469 Å². The topological polar surface area (TPSA) is 78.9 Å². The molecule has 0 bridgehead atoms. The van der Waals surface area contributed by atoms with Gasteiger partial charge < -0.3 is 14.2 Å². The number of esters is 3. The summed E-state index contributed by atoms with van der Waals surface area (Å²) in [4.78, 5) is 38.4. The third-order valence-electron chi connectivity index (χ3n) is 15.9. The first kappa shape index (κ1) is 73.4. The molecule has 0 fully saturated rings. The Morgan fingerprint density at radius 1 is 0.227 bits per heavy atom. The van der Waals surface area contributed by atoms with Crippen LogP contribution in [0, 0.1) is 17.8 Å². The van der Waals surface area contributed by atoms with Crippen LogP contribution >= 0.6 is 0 Å². The number of unbranched alkanes of at least 4 members (excludes halogenated alkanes) is 45. The van der Waals surface area contributed by atoms with Crippen molar-refractivity contribution in [1.82, 2.24) is 0 Å². The van der Waals surface area contributed by atoms with Gasteiger partial charge in [0.2, 0.25) is 0 Å². The van der Waals surface area contributed by atoms with Gasteiger partial charge in [0.05, 0.1) is 0 Å². The van der Waals surface area contributed by atoms with Gasteiger partial charge in [0, 0.05) is 19.3 Å². The molecule has 0 aromatic carbocycles. The van der Waals surface area contributed by atoms with Gasteiger partial charge in [0.25, 0.3) is 0 Å². The lowest BCUT2D eigenvalue weighted by Gasteiger charge is -2.18. The predicted octanol–water partition coefficient (Wildman–Crippen LogP) is 23.0. The van der Waals surface area contributed by atoms with Gasteiger partial charge in [-0.25, -0.2) is 0 Å². The summed E-state index contributed by atoms with van der Waals surface area (Å²) in [6, 6.07) is 0. The molecular formula is C69H134O6. The maximum Gasteiger partial charge on any atom is 0.306 e. The zero-order chi connectivity index (χ0) is 54.8. The average molecular weight is 1060 g/mol. The summed E-state index contributed by atoms with van der Waals surface area (Å²) < 4.78 is 17.0. The average Bonchev–Trinajstić information content (AvgIpc) is 3.38.